The number of pyridine rings is 1. The number of carbonyl (C=O) groups is 1. The van der Waals surface area contributed by atoms with E-state index < -0.39 is 6.09 Å². The van der Waals surface area contributed by atoms with E-state index in [2.05, 4.69) is 30.7 Å². The molecule has 12 nitrogen and oxygen atoms in total. The number of fused-ring (bicyclic) bond motifs is 1. The van der Waals surface area contributed by atoms with Gasteiger partial charge >= 0.3 is 6.09 Å². The van der Waals surface area contributed by atoms with Crippen LogP contribution in [0, 0.1) is 0 Å². The summed E-state index contributed by atoms with van der Waals surface area (Å²) < 4.78 is 3.27. The average Bonchev–Trinajstić information content (AvgIpc) is 3.69. The van der Waals surface area contributed by atoms with Gasteiger partial charge in [0, 0.05) is 40.6 Å². The topological polar surface area (TPSA) is 148 Å². The van der Waals surface area contributed by atoms with Crippen LogP contribution in [-0.2, 0) is 6.42 Å². The van der Waals surface area contributed by atoms with Crippen LogP contribution in [0.5, 0.6) is 0 Å². The molecular formula is C25H20ClN9O3. The van der Waals surface area contributed by atoms with Gasteiger partial charge in [0.2, 0.25) is 0 Å². The Morgan fingerprint density at radius 1 is 1.11 bits per heavy atom. The number of hydrogen-bond acceptors (Lipinski definition) is 7. The third-order valence-corrected chi connectivity index (χ3v) is 6.87. The van der Waals surface area contributed by atoms with E-state index in [4.69, 9.17) is 16.7 Å². The maximum atomic E-state index is 13.4. The third-order valence-electron chi connectivity index (χ3n) is 6.63. The molecule has 0 aliphatic carbocycles. The molecule has 5 aromatic rings. The summed E-state index contributed by atoms with van der Waals surface area (Å²) >= 11 is 6.29. The third kappa shape index (κ3) is 4.10. The van der Waals surface area contributed by atoms with E-state index in [1.165, 1.54) is 18.1 Å². The molecule has 0 spiro atoms. The Morgan fingerprint density at radius 2 is 1.92 bits per heavy atom. The van der Waals surface area contributed by atoms with E-state index >= 15 is 0 Å². The smallest absolute Gasteiger partial charge is 0.411 e. The number of amides is 1. The van der Waals surface area contributed by atoms with E-state index in [-0.39, 0.29) is 11.6 Å². The first-order chi connectivity index (χ1) is 18.4. The molecule has 2 aromatic carbocycles. The first-order valence-corrected chi connectivity index (χ1v) is 12.1. The first kappa shape index (κ1) is 23.6. The van der Waals surface area contributed by atoms with E-state index in [1.54, 1.807) is 47.0 Å². The summed E-state index contributed by atoms with van der Waals surface area (Å²) in [5.74, 6) is 1.12. The molecule has 0 bridgehead atoms. The summed E-state index contributed by atoms with van der Waals surface area (Å²) in [6.07, 6.45) is 1.81. The van der Waals surface area contributed by atoms with Gasteiger partial charge < -0.3 is 14.7 Å². The van der Waals surface area contributed by atoms with E-state index in [0.717, 1.165) is 27.3 Å². The van der Waals surface area contributed by atoms with Gasteiger partial charge in [-0.05, 0) is 77.4 Å². The van der Waals surface area contributed by atoms with Crippen LogP contribution in [0.2, 0.25) is 5.02 Å². The highest BCUT2D eigenvalue weighted by molar-refractivity contribution is 6.31. The molecule has 0 radical (unpaired) electrons. The molecule has 0 saturated heterocycles. The summed E-state index contributed by atoms with van der Waals surface area (Å²) in [4.78, 5) is 28.9. The predicted octanol–water partition coefficient (Wildman–Crippen LogP) is 3.58. The van der Waals surface area contributed by atoms with Crippen molar-refractivity contribution in [2.75, 3.05) is 11.9 Å². The zero-order valence-electron chi connectivity index (χ0n) is 20.0. The molecule has 0 unspecified atom stereocenters. The Hall–Kier alpha value is -4.84. The van der Waals surface area contributed by atoms with Crippen molar-refractivity contribution < 1.29 is 9.90 Å². The van der Waals surface area contributed by atoms with Crippen LogP contribution < -0.4 is 10.5 Å². The maximum absolute atomic E-state index is 13.4. The number of aromatic amines is 1. The lowest BCUT2D eigenvalue weighted by molar-refractivity contribution is 0.203. The molecule has 1 aliphatic heterocycles. The average molecular weight is 530 g/mol. The summed E-state index contributed by atoms with van der Waals surface area (Å²) in [7, 11) is 1.48. The minimum absolute atomic E-state index is 0.165. The summed E-state index contributed by atoms with van der Waals surface area (Å²) in [5, 5.41) is 29.7. The van der Waals surface area contributed by atoms with Crippen LogP contribution in [0.15, 0.2) is 65.7 Å². The second-order valence-electron chi connectivity index (χ2n) is 8.86. The number of aryl methyl sites for hydroxylation is 1. The van der Waals surface area contributed by atoms with Gasteiger partial charge in [-0.15, -0.1) is 15.3 Å². The normalized spacial score (nSPS) is 14.4. The lowest BCUT2D eigenvalue weighted by Gasteiger charge is -2.14. The summed E-state index contributed by atoms with van der Waals surface area (Å²) in [6.45, 7) is 0. The quantitative estimate of drug-likeness (QED) is 0.351. The van der Waals surface area contributed by atoms with Crippen molar-refractivity contribution in [2.45, 2.75) is 18.9 Å². The standard InChI is InChI=1S/C25H20ClN9O3/c1-33(25(37)38)17-5-2-14(3-6-17)23-28-24(30-29-23)21-9-7-18-10-15(11-22(36)35(18)21)19-12-16(26)4-8-20(19)34-13-27-31-32-34/h2-6,8,10-13,21H,7,9H2,1H3,(H,37,38)(H,28,29,30)/t21-/m0/s1. The fraction of sp³-hybridized carbons (Fsp3) is 0.160. The monoisotopic (exact) mass is 529 g/mol. The number of aromatic nitrogens is 8. The Kier molecular flexibility index (Phi) is 5.72. The predicted molar refractivity (Wildman–Crippen MR) is 139 cm³/mol. The number of H-pyrrole nitrogens is 1. The van der Waals surface area contributed by atoms with Crippen LogP contribution >= 0.6 is 11.6 Å². The van der Waals surface area contributed by atoms with E-state index in [0.29, 0.717) is 40.9 Å². The molecule has 0 fully saturated rings. The van der Waals surface area contributed by atoms with E-state index in [1.807, 2.05) is 12.1 Å². The molecule has 3 aromatic heterocycles. The Labute approximate surface area is 220 Å². The number of carboxylic acid groups (broad SMARTS) is 1. The number of hydrogen-bond donors (Lipinski definition) is 2. The number of nitrogens with one attached hydrogen (secondary N) is 1. The van der Waals surface area contributed by atoms with Crippen molar-refractivity contribution in [1.82, 2.24) is 40.0 Å². The fourth-order valence-electron chi connectivity index (χ4n) is 4.73. The van der Waals surface area contributed by atoms with Gasteiger partial charge in [0.1, 0.15) is 6.33 Å². The number of anilines is 1. The molecule has 1 atom stereocenters. The van der Waals surface area contributed by atoms with Crippen molar-refractivity contribution in [3.05, 3.63) is 87.8 Å². The Balaban J connectivity index is 1.32. The van der Waals surface area contributed by atoms with Gasteiger partial charge in [-0.2, -0.15) is 4.68 Å². The molecule has 6 rings (SSSR count). The molecule has 0 saturated carbocycles. The first-order valence-electron chi connectivity index (χ1n) is 11.7. The van der Waals surface area contributed by atoms with Crippen LogP contribution in [0.1, 0.15) is 24.0 Å². The summed E-state index contributed by atoms with van der Waals surface area (Å²) in [6, 6.07) is 15.6. The molecule has 190 valence electrons. The fourth-order valence-corrected chi connectivity index (χ4v) is 4.90. The molecule has 1 amide bonds. The van der Waals surface area contributed by atoms with Crippen LogP contribution in [-0.4, -0.2) is 58.2 Å². The van der Waals surface area contributed by atoms with Crippen molar-refractivity contribution >= 4 is 23.4 Å². The van der Waals surface area contributed by atoms with Crippen molar-refractivity contribution in [2.24, 2.45) is 0 Å². The second-order valence-corrected chi connectivity index (χ2v) is 9.30. The molecular weight excluding hydrogens is 510 g/mol. The number of nitrogens with zero attached hydrogens (tertiary/aromatic N) is 8. The maximum Gasteiger partial charge on any atom is 0.411 e. The highest BCUT2D eigenvalue weighted by atomic mass is 35.5. The van der Waals surface area contributed by atoms with E-state index in [9.17, 15) is 9.59 Å². The number of rotatable bonds is 5. The Morgan fingerprint density at radius 3 is 2.66 bits per heavy atom. The molecule has 38 heavy (non-hydrogen) atoms. The minimum Gasteiger partial charge on any atom is -0.465 e. The van der Waals surface area contributed by atoms with Crippen molar-refractivity contribution in [3.8, 4) is 28.2 Å². The second kappa shape index (κ2) is 9.23. The lowest BCUT2D eigenvalue weighted by atomic mass is 10.0. The minimum atomic E-state index is -1.05. The highest BCUT2D eigenvalue weighted by Gasteiger charge is 2.28. The van der Waals surface area contributed by atoms with Gasteiger partial charge in [0.25, 0.3) is 5.56 Å². The van der Waals surface area contributed by atoms with Gasteiger partial charge in [-0.1, -0.05) is 11.6 Å². The van der Waals surface area contributed by atoms with Crippen molar-refractivity contribution in [3.63, 3.8) is 0 Å². The molecule has 4 heterocycles. The zero-order valence-corrected chi connectivity index (χ0v) is 20.7. The van der Waals surface area contributed by atoms with Crippen molar-refractivity contribution in [1.29, 1.82) is 0 Å². The van der Waals surface area contributed by atoms with Gasteiger partial charge in [-0.25, -0.2) is 4.79 Å². The SMILES string of the molecule is CN(C(=O)O)c1ccc(-c2nnc([C@@H]3CCc4cc(-c5cc(Cl)ccc5-n5cnnn5)cc(=O)n43)[nH]2)cc1. The number of benzene rings is 2. The molecule has 13 heteroatoms. The Bertz CT molecular complexity index is 1710. The van der Waals surface area contributed by atoms with Gasteiger partial charge in [0.15, 0.2) is 11.6 Å². The molecule has 2 N–H and O–H groups in total. The largest absolute Gasteiger partial charge is 0.465 e. The van der Waals surface area contributed by atoms with Crippen LogP contribution in [0.25, 0.3) is 28.2 Å². The lowest BCUT2D eigenvalue weighted by Crippen LogP contribution is -2.24. The zero-order chi connectivity index (χ0) is 26.4. The summed E-state index contributed by atoms with van der Waals surface area (Å²) in [5.41, 5.74) is 4.17. The van der Waals surface area contributed by atoms with Crippen LogP contribution in [0.3, 0.4) is 0 Å². The van der Waals surface area contributed by atoms with Crippen LogP contribution in [0.4, 0.5) is 10.5 Å². The number of tetrazole rings is 1. The number of halogens is 1. The highest BCUT2D eigenvalue weighted by Crippen LogP contribution is 2.34. The van der Waals surface area contributed by atoms with Gasteiger partial charge in [0.05, 0.1) is 11.7 Å². The molecule has 1 aliphatic rings. The van der Waals surface area contributed by atoms with Gasteiger partial charge in [-0.3, -0.25) is 9.69 Å².